The molecule has 1 N–H and O–H groups in total. The van der Waals surface area contributed by atoms with Crippen LogP contribution in [0.15, 0.2) is 54.6 Å². The Hall–Kier alpha value is -2.82. The first-order chi connectivity index (χ1) is 11.2. The van der Waals surface area contributed by atoms with E-state index in [2.05, 4.69) is 5.32 Å². The second kappa shape index (κ2) is 8.58. The van der Waals surface area contributed by atoms with Crippen molar-refractivity contribution in [2.24, 2.45) is 0 Å². The summed E-state index contributed by atoms with van der Waals surface area (Å²) in [6.07, 6.45) is 0.833. The highest BCUT2D eigenvalue weighted by atomic mass is 16.5. The Bertz CT molecular complexity index is 655. The molecule has 0 bridgehead atoms. The summed E-state index contributed by atoms with van der Waals surface area (Å²) in [4.78, 5) is 23.5. The van der Waals surface area contributed by atoms with Crippen LogP contribution >= 0.6 is 0 Å². The van der Waals surface area contributed by atoms with Crippen LogP contribution in [0.5, 0.6) is 5.75 Å². The Balaban J connectivity index is 1.74. The summed E-state index contributed by atoms with van der Waals surface area (Å²) in [6.45, 7) is -0.314. The quantitative estimate of drug-likeness (QED) is 0.798. The van der Waals surface area contributed by atoms with Gasteiger partial charge in [-0.1, -0.05) is 42.5 Å². The Morgan fingerprint density at radius 2 is 1.70 bits per heavy atom. The molecule has 0 unspecified atom stereocenters. The standard InChI is InChI=1S/C18H19NO4/c1-22-16-10-6-5-9-15(16)19-17(20)13-23-18(21)12-11-14-7-3-2-4-8-14/h2-10H,11-13H2,1H3,(H,19,20). The molecular weight excluding hydrogens is 294 g/mol. The van der Waals surface area contributed by atoms with E-state index in [1.54, 1.807) is 24.3 Å². The number of para-hydroxylation sites is 2. The number of ether oxygens (including phenoxy) is 2. The van der Waals surface area contributed by atoms with E-state index in [0.717, 1.165) is 5.56 Å². The molecular formula is C18H19NO4. The predicted molar refractivity (Wildman–Crippen MR) is 87.3 cm³/mol. The molecule has 0 saturated carbocycles. The topological polar surface area (TPSA) is 64.6 Å². The number of anilines is 1. The molecule has 0 aromatic heterocycles. The first-order valence-electron chi connectivity index (χ1n) is 7.31. The lowest BCUT2D eigenvalue weighted by Gasteiger charge is -2.10. The molecule has 0 spiro atoms. The lowest BCUT2D eigenvalue weighted by atomic mass is 10.1. The van der Waals surface area contributed by atoms with Crippen molar-refractivity contribution in [3.8, 4) is 5.75 Å². The van der Waals surface area contributed by atoms with Crippen LogP contribution in [-0.2, 0) is 20.7 Å². The summed E-state index contributed by atoms with van der Waals surface area (Å²) >= 11 is 0. The number of carbonyl (C=O) groups excluding carboxylic acids is 2. The van der Waals surface area contributed by atoms with Gasteiger partial charge in [-0.25, -0.2) is 0 Å². The van der Waals surface area contributed by atoms with Crippen LogP contribution in [0.25, 0.3) is 0 Å². The minimum atomic E-state index is -0.400. The molecule has 0 radical (unpaired) electrons. The highest BCUT2D eigenvalue weighted by molar-refractivity contribution is 5.94. The number of hydrogen-bond acceptors (Lipinski definition) is 4. The predicted octanol–water partition coefficient (Wildman–Crippen LogP) is 2.81. The molecule has 0 atom stereocenters. The fraction of sp³-hybridized carbons (Fsp3) is 0.222. The third-order valence-electron chi connectivity index (χ3n) is 3.21. The number of methoxy groups -OCH3 is 1. The van der Waals surface area contributed by atoms with Gasteiger partial charge in [-0.3, -0.25) is 9.59 Å². The molecule has 0 aliphatic heterocycles. The summed E-state index contributed by atoms with van der Waals surface area (Å²) in [6, 6.07) is 16.7. The molecule has 0 fully saturated rings. The van der Waals surface area contributed by atoms with Gasteiger partial charge in [0.25, 0.3) is 5.91 Å². The van der Waals surface area contributed by atoms with Crippen LogP contribution in [-0.4, -0.2) is 25.6 Å². The van der Waals surface area contributed by atoms with Crippen molar-refractivity contribution in [2.45, 2.75) is 12.8 Å². The summed E-state index contributed by atoms with van der Waals surface area (Å²) in [5.41, 5.74) is 1.60. The number of aryl methyl sites for hydroxylation is 1. The zero-order valence-electron chi connectivity index (χ0n) is 13.0. The van der Waals surface area contributed by atoms with Crippen molar-refractivity contribution < 1.29 is 19.1 Å². The summed E-state index contributed by atoms with van der Waals surface area (Å²) in [5.74, 6) is -0.247. The largest absolute Gasteiger partial charge is 0.495 e. The van der Waals surface area contributed by atoms with Crippen LogP contribution in [0, 0.1) is 0 Å². The monoisotopic (exact) mass is 313 g/mol. The summed E-state index contributed by atoms with van der Waals surface area (Å²) in [5, 5.41) is 2.65. The van der Waals surface area contributed by atoms with Crippen LogP contribution in [0.3, 0.4) is 0 Å². The van der Waals surface area contributed by atoms with E-state index in [1.807, 2.05) is 30.3 Å². The second-order valence-corrected chi connectivity index (χ2v) is 4.89. The molecule has 2 rings (SSSR count). The highest BCUT2D eigenvalue weighted by Gasteiger charge is 2.10. The first kappa shape index (κ1) is 16.5. The van der Waals surface area contributed by atoms with Crippen molar-refractivity contribution in [1.29, 1.82) is 0 Å². The van der Waals surface area contributed by atoms with Crippen molar-refractivity contribution in [1.82, 2.24) is 0 Å². The van der Waals surface area contributed by atoms with Gasteiger partial charge in [0.05, 0.1) is 12.8 Å². The number of carbonyl (C=O) groups is 2. The van der Waals surface area contributed by atoms with E-state index in [-0.39, 0.29) is 13.0 Å². The van der Waals surface area contributed by atoms with E-state index in [4.69, 9.17) is 9.47 Å². The Morgan fingerprint density at radius 3 is 2.43 bits per heavy atom. The van der Waals surface area contributed by atoms with Gasteiger partial charge in [0.1, 0.15) is 5.75 Å². The zero-order chi connectivity index (χ0) is 16.5. The molecule has 5 heteroatoms. The molecule has 0 saturated heterocycles. The fourth-order valence-electron chi connectivity index (χ4n) is 2.04. The summed E-state index contributed by atoms with van der Waals surface area (Å²) in [7, 11) is 1.52. The third kappa shape index (κ3) is 5.47. The SMILES string of the molecule is COc1ccccc1NC(=O)COC(=O)CCc1ccccc1. The normalized spacial score (nSPS) is 9.96. The smallest absolute Gasteiger partial charge is 0.306 e. The molecule has 2 aromatic rings. The summed E-state index contributed by atoms with van der Waals surface area (Å²) < 4.78 is 10.1. The second-order valence-electron chi connectivity index (χ2n) is 4.89. The Labute approximate surface area is 135 Å². The van der Waals surface area contributed by atoms with Gasteiger partial charge in [-0.15, -0.1) is 0 Å². The number of esters is 1. The maximum absolute atomic E-state index is 11.8. The van der Waals surface area contributed by atoms with E-state index < -0.39 is 11.9 Å². The van der Waals surface area contributed by atoms with Gasteiger partial charge in [0, 0.05) is 6.42 Å². The van der Waals surface area contributed by atoms with E-state index in [0.29, 0.717) is 17.9 Å². The van der Waals surface area contributed by atoms with Crippen molar-refractivity contribution >= 4 is 17.6 Å². The molecule has 1 amide bonds. The number of benzene rings is 2. The Kier molecular flexibility index (Phi) is 6.17. The van der Waals surface area contributed by atoms with Crippen LogP contribution < -0.4 is 10.1 Å². The molecule has 0 aliphatic carbocycles. The van der Waals surface area contributed by atoms with Gasteiger partial charge >= 0.3 is 5.97 Å². The van der Waals surface area contributed by atoms with Gasteiger partial charge in [0.15, 0.2) is 6.61 Å². The van der Waals surface area contributed by atoms with Gasteiger partial charge in [-0.2, -0.15) is 0 Å². The number of rotatable bonds is 7. The average molecular weight is 313 g/mol. The zero-order valence-corrected chi connectivity index (χ0v) is 13.0. The first-order valence-corrected chi connectivity index (χ1v) is 7.31. The van der Waals surface area contributed by atoms with Gasteiger partial charge in [0.2, 0.25) is 0 Å². The molecule has 23 heavy (non-hydrogen) atoms. The van der Waals surface area contributed by atoms with Crippen molar-refractivity contribution in [3.63, 3.8) is 0 Å². The fourth-order valence-corrected chi connectivity index (χ4v) is 2.04. The molecule has 2 aromatic carbocycles. The minimum absolute atomic E-state index is 0.242. The van der Waals surface area contributed by atoms with Crippen molar-refractivity contribution in [3.05, 3.63) is 60.2 Å². The third-order valence-corrected chi connectivity index (χ3v) is 3.21. The lowest BCUT2D eigenvalue weighted by molar-refractivity contribution is -0.147. The van der Waals surface area contributed by atoms with E-state index >= 15 is 0 Å². The maximum Gasteiger partial charge on any atom is 0.306 e. The van der Waals surface area contributed by atoms with Crippen LogP contribution in [0.2, 0.25) is 0 Å². The van der Waals surface area contributed by atoms with E-state index in [9.17, 15) is 9.59 Å². The van der Waals surface area contributed by atoms with Crippen molar-refractivity contribution in [2.75, 3.05) is 19.0 Å². The number of amides is 1. The van der Waals surface area contributed by atoms with E-state index in [1.165, 1.54) is 7.11 Å². The average Bonchev–Trinajstić information content (AvgIpc) is 2.59. The molecule has 0 heterocycles. The number of nitrogens with one attached hydrogen (secondary N) is 1. The van der Waals surface area contributed by atoms with Crippen LogP contribution in [0.1, 0.15) is 12.0 Å². The van der Waals surface area contributed by atoms with Gasteiger partial charge in [-0.05, 0) is 24.1 Å². The highest BCUT2D eigenvalue weighted by Crippen LogP contribution is 2.22. The number of hydrogen-bond donors (Lipinski definition) is 1. The molecule has 5 nitrogen and oxygen atoms in total. The Morgan fingerprint density at radius 1 is 1.00 bits per heavy atom. The van der Waals surface area contributed by atoms with Gasteiger partial charge < -0.3 is 14.8 Å². The lowest BCUT2D eigenvalue weighted by Crippen LogP contribution is -2.21. The molecule has 0 aliphatic rings. The molecule has 120 valence electrons. The minimum Gasteiger partial charge on any atom is -0.495 e. The maximum atomic E-state index is 11.8. The van der Waals surface area contributed by atoms with Crippen LogP contribution in [0.4, 0.5) is 5.69 Å².